The molecule has 51 heavy (non-hydrogen) atoms. The summed E-state index contributed by atoms with van der Waals surface area (Å²) in [7, 11) is 1.68. The van der Waals surface area contributed by atoms with Crippen molar-refractivity contribution in [3.8, 4) is 5.75 Å². The molecule has 0 amide bonds. The van der Waals surface area contributed by atoms with E-state index >= 15 is 0 Å². The van der Waals surface area contributed by atoms with Crippen LogP contribution in [0.1, 0.15) is 39.6 Å². The van der Waals surface area contributed by atoms with Crippen LogP contribution >= 0.6 is 0 Å². The number of aliphatic hydroxyl groups excluding tert-OH is 1. The third-order valence-corrected chi connectivity index (χ3v) is 9.55. The number of rotatable bonds is 14. The zero-order valence-electron chi connectivity index (χ0n) is 29.1. The summed E-state index contributed by atoms with van der Waals surface area (Å²) in [4.78, 5) is 0. The highest BCUT2D eigenvalue weighted by Gasteiger charge is 2.49. The maximum Gasteiger partial charge on any atom is 0.163 e. The number of aliphatic hydroxyl groups is 1. The minimum absolute atomic E-state index is 0.247. The molecule has 262 valence electrons. The molecule has 0 aliphatic carbocycles. The van der Waals surface area contributed by atoms with Crippen LogP contribution in [0.15, 0.2) is 140 Å². The summed E-state index contributed by atoms with van der Waals surface area (Å²) < 4.78 is 34.9. The predicted molar refractivity (Wildman–Crippen MR) is 199 cm³/mol. The zero-order valence-corrected chi connectivity index (χ0v) is 29.1. The summed E-state index contributed by atoms with van der Waals surface area (Å²) in [6.07, 6.45) is -0.202. The van der Waals surface area contributed by atoms with Crippen molar-refractivity contribution in [3.63, 3.8) is 0 Å². The fraction of sp³-hybridized carbons (Fsp3) is 0.273. The second-order valence-electron chi connectivity index (χ2n) is 13.1. The van der Waals surface area contributed by atoms with Crippen molar-refractivity contribution in [1.82, 2.24) is 4.57 Å². The van der Waals surface area contributed by atoms with E-state index in [-0.39, 0.29) is 6.61 Å². The number of hydrogen-bond acceptors (Lipinski definition) is 6. The molecule has 0 saturated carbocycles. The van der Waals surface area contributed by atoms with Crippen LogP contribution < -0.4 is 4.74 Å². The number of aryl methyl sites for hydroxylation is 1. The molecule has 7 nitrogen and oxygen atoms in total. The Morgan fingerprint density at radius 3 is 1.73 bits per heavy atom. The fourth-order valence-corrected chi connectivity index (χ4v) is 6.88. The molecule has 0 spiro atoms. The number of fused-ring (bicyclic) bond motifs is 1. The Labute approximate surface area is 299 Å². The van der Waals surface area contributed by atoms with Crippen molar-refractivity contribution >= 4 is 10.9 Å². The van der Waals surface area contributed by atoms with E-state index in [4.69, 9.17) is 23.7 Å². The first kappa shape index (κ1) is 34.7. The molecule has 0 unspecified atom stereocenters. The van der Waals surface area contributed by atoms with Gasteiger partial charge >= 0.3 is 0 Å². The lowest BCUT2D eigenvalue weighted by molar-refractivity contribution is -0.287. The normalized spacial score (nSPS) is 20.4. The largest absolute Gasteiger partial charge is 0.497 e. The zero-order chi connectivity index (χ0) is 35.0. The fourth-order valence-electron chi connectivity index (χ4n) is 6.88. The van der Waals surface area contributed by atoms with E-state index in [9.17, 15) is 5.11 Å². The molecule has 5 aromatic carbocycles. The summed E-state index contributed by atoms with van der Waals surface area (Å²) in [6, 6.07) is 45.0. The maximum atomic E-state index is 10.9. The van der Waals surface area contributed by atoms with Crippen LogP contribution in [0.3, 0.4) is 0 Å². The Balaban J connectivity index is 1.30. The van der Waals surface area contributed by atoms with Crippen LogP contribution in [0, 0.1) is 6.92 Å². The molecule has 0 bridgehead atoms. The van der Waals surface area contributed by atoms with Crippen molar-refractivity contribution in [1.29, 1.82) is 0 Å². The van der Waals surface area contributed by atoms with Gasteiger partial charge in [-0.05, 0) is 64.9 Å². The third kappa shape index (κ3) is 8.25. The summed E-state index contributed by atoms with van der Waals surface area (Å²) in [5, 5.41) is 12.0. The predicted octanol–water partition coefficient (Wildman–Crippen LogP) is 8.20. The summed E-state index contributed by atoms with van der Waals surface area (Å²) >= 11 is 0. The Kier molecular flexibility index (Phi) is 11.2. The van der Waals surface area contributed by atoms with E-state index in [1.165, 1.54) is 5.56 Å². The van der Waals surface area contributed by atoms with Gasteiger partial charge in [0.05, 0.1) is 39.1 Å². The van der Waals surface area contributed by atoms with Gasteiger partial charge in [0.15, 0.2) is 6.23 Å². The third-order valence-electron chi connectivity index (χ3n) is 9.55. The monoisotopic (exact) mass is 683 g/mol. The first-order valence-corrected chi connectivity index (χ1v) is 17.6. The Bertz CT molecular complexity index is 1960. The smallest absolute Gasteiger partial charge is 0.163 e. The molecule has 1 fully saturated rings. The number of hydrogen-bond donors (Lipinski definition) is 1. The first-order valence-electron chi connectivity index (χ1n) is 17.6. The lowest BCUT2D eigenvalue weighted by Gasteiger charge is -2.46. The highest BCUT2D eigenvalue weighted by molar-refractivity contribution is 5.85. The van der Waals surface area contributed by atoms with E-state index in [1.54, 1.807) is 7.11 Å². The molecule has 1 aliphatic rings. The highest BCUT2D eigenvalue weighted by Crippen LogP contribution is 2.39. The summed E-state index contributed by atoms with van der Waals surface area (Å²) in [6.45, 7) is 2.89. The van der Waals surface area contributed by atoms with Gasteiger partial charge in [-0.2, -0.15) is 0 Å². The van der Waals surface area contributed by atoms with Crippen molar-refractivity contribution in [2.45, 2.75) is 63.8 Å². The van der Waals surface area contributed by atoms with Gasteiger partial charge in [0.2, 0.25) is 0 Å². The van der Waals surface area contributed by atoms with Gasteiger partial charge in [0.25, 0.3) is 0 Å². The molecule has 7 heteroatoms. The average molecular weight is 684 g/mol. The number of methoxy groups -OCH3 is 1. The molecule has 7 rings (SSSR count). The number of benzene rings is 5. The van der Waals surface area contributed by atoms with Crippen LogP contribution in [-0.2, 0) is 45.2 Å². The maximum absolute atomic E-state index is 10.9. The number of ether oxygens (including phenoxy) is 5. The highest BCUT2D eigenvalue weighted by atomic mass is 16.6. The topological polar surface area (TPSA) is 71.3 Å². The van der Waals surface area contributed by atoms with Crippen LogP contribution in [0.25, 0.3) is 10.9 Å². The Morgan fingerprint density at radius 2 is 1.18 bits per heavy atom. The summed E-state index contributed by atoms with van der Waals surface area (Å²) in [5.74, 6) is 0.825. The molecule has 5 atom stereocenters. The van der Waals surface area contributed by atoms with Gasteiger partial charge in [0.1, 0.15) is 30.2 Å². The molecule has 1 aromatic heterocycles. The standard InChI is InChI=1S/C44H45NO6/c1-31-18-23-38-36(25-32-19-21-37(47-2)22-20-32)26-45(39(38)24-31)44-43(50-30-35-16-10-5-11-17-35)42(49-29-34-14-8-4-9-15-34)41(40(27-46)51-44)48-28-33-12-6-3-7-13-33/h3-24,26,40-44,46H,25,27-30H2,1-2H3/t40-,41-,42+,43-,44-/m1/s1. The Morgan fingerprint density at radius 1 is 0.627 bits per heavy atom. The van der Waals surface area contributed by atoms with Gasteiger partial charge < -0.3 is 33.4 Å². The van der Waals surface area contributed by atoms with E-state index in [1.807, 2.05) is 91.0 Å². The molecular formula is C44H45NO6. The minimum atomic E-state index is -0.677. The van der Waals surface area contributed by atoms with Crippen LogP contribution in [0.4, 0.5) is 0 Å². The molecule has 1 aliphatic heterocycles. The van der Waals surface area contributed by atoms with Crippen molar-refractivity contribution in [2.75, 3.05) is 13.7 Å². The average Bonchev–Trinajstić information content (AvgIpc) is 3.53. The molecule has 0 radical (unpaired) electrons. The second-order valence-corrected chi connectivity index (χ2v) is 13.1. The van der Waals surface area contributed by atoms with Gasteiger partial charge in [-0.15, -0.1) is 0 Å². The molecule has 1 saturated heterocycles. The van der Waals surface area contributed by atoms with E-state index in [2.05, 4.69) is 60.2 Å². The lowest BCUT2D eigenvalue weighted by atomic mass is 9.96. The lowest BCUT2D eigenvalue weighted by Crippen LogP contribution is -2.59. The van der Waals surface area contributed by atoms with Gasteiger partial charge in [0, 0.05) is 11.6 Å². The van der Waals surface area contributed by atoms with Crippen LogP contribution in [-0.4, -0.2) is 47.8 Å². The summed E-state index contributed by atoms with van der Waals surface area (Å²) in [5.41, 5.74) is 7.59. The van der Waals surface area contributed by atoms with E-state index < -0.39 is 30.6 Å². The second kappa shape index (κ2) is 16.5. The van der Waals surface area contributed by atoms with Crippen molar-refractivity contribution < 1.29 is 28.8 Å². The van der Waals surface area contributed by atoms with Gasteiger partial charge in [-0.3, -0.25) is 0 Å². The quantitative estimate of drug-likeness (QED) is 0.125. The molecule has 1 N–H and O–H groups in total. The van der Waals surface area contributed by atoms with Crippen molar-refractivity contribution in [3.05, 3.63) is 173 Å². The van der Waals surface area contributed by atoms with Gasteiger partial charge in [-0.25, -0.2) is 0 Å². The number of aromatic nitrogens is 1. The SMILES string of the molecule is COc1ccc(Cc2cn([C@@H]3O[C@H](CO)[C@@H](OCc4ccccc4)[C@H](OCc4ccccc4)[C@H]3OCc3ccccc3)c3cc(C)ccc23)cc1. The molecular weight excluding hydrogens is 638 g/mol. The first-order chi connectivity index (χ1) is 25.1. The van der Waals surface area contributed by atoms with Gasteiger partial charge in [-0.1, -0.05) is 115 Å². The van der Waals surface area contributed by atoms with Crippen LogP contribution in [0.5, 0.6) is 5.75 Å². The van der Waals surface area contributed by atoms with E-state index in [0.717, 1.165) is 50.9 Å². The Hall–Kier alpha value is -4.76. The van der Waals surface area contributed by atoms with Crippen LogP contribution in [0.2, 0.25) is 0 Å². The molecule has 2 heterocycles. The number of nitrogens with zero attached hydrogens (tertiary/aromatic N) is 1. The van der Waals surface area contributed by atoms with Crippen molar-refractivity contribution in [2.24, 2.45) is 0 Å². The minimum Gasteiger partial charge on any atom is -0.497 e. The van der Waals surface area contributed by atoms with E-state index in [0.29, 0.717) is 19.8 Å². The molecule has 6 aromatic rings.